The number of alkyl halides is 1. The van der Waals surface area contributed by atoms with Crippen molar-refractivity contribution in [3.63, 3.8) is 0 Å². The standard InChI is InChI=1S/C36H39ClF2N8O2/c37-25-10-26-23(15-42-45-26)28-27(25)22-9-19(22)3-6-40-33(48)20-11-35(12-20)4-1-7-46(17-35)32-24-14-41-31(28)29(39)30(24)43-34(44-32)49-18-36-5-2-8-47(36)16-21(38)13-36/h10,14-15,19-22H,1-9,11-13,16-18H2,(H,40,48)(H,42,45)/t19-,20?,21+,22+,35?,36-/m0/s1. The Hall–Kier alpha value is -3.64. The van der Waals surface area contributed by atoms with E-state index in [2.05, 4.69) is 25.3 Å². The fourth-order valence-electron chi connectivity index (χ4n) is 10.2. The lowest BCUT2D eigenvalue weighted by Crippen LogP contribution is -2.54. The molecule has 5 fully saturated rings. The molecule has 2 N–H and O–H groups in total. The summed E-state index contributed by atoms with van der Waals surface area (Å²) in [5.74, 6) is 0.591. The van der Waals surface area contributed by atoms with E-state index in [9.17, 15) is 9.18 Å². The van der Waals surface area contributed by atoms with Gasteiger partial charge >= 0.3 is 6.01 Å². The van der Waals surface area contributed by atoms with Gasteiger partial charge in [-0.15, -0.1) is 0 Å². The third kappa shape index (κ3) is 4.76. The van der Waals surface area contributed by atoms with Crippen LogP contribution in [0.5, 0.6) is 6.01 Å². The Labute approximate surface area is 287 Å². The van der Waals surface area contributed by atoms with Crippen molar-refractivity contribution < 1.29 is 18.3 Å². The molecule has 6 aliphatic heterocycles. The maximum absolute atomic E-state index is 17.3. The van der Waals surface area contributed by atoms with Gasteiger partial charge in [0.25, 0.3) is 0 Å². The average Bonchev–Trinajstić information content (AvgIpc) is 3.33. The number of hydrogen-bond acceptors (Lipinski definition) is 8. The lowest BCUT2D eigenvalue weighted by Gasteiger charge is -2.52. The highest BCUT2D eigenvalue weighted by molar-refractivity contribution is 6.33. The number of H-pyrrole nitrogens is 1. The van der Waals surface area contributed by atoms with Gasteiger partial charge in [0.15, 0.2) is 5.82 Å². The molecule has 256 valence electrons. The largest absolute Gasteiger partial charge is 0.461 e. The number of hydrogen-bond donors (Lipinski definition) is 2. The Morgan fingerprint density at radius 1 is 1.10 bits per heavy atom. The summed E-state index contributed by atoms with van der Waals surface area (Å²) in [5, 5.41) is 12.3. The molecule has 2 saturated carbocycles. The molecule has 1 spiro atoms. The van der Waals surface area contributed by atoms with Gasteiger partial charge in [-0.2, -0.15) is 15.1 Å². The number of ether oxygens (including phenoxy) is 1. The minimum atomic E-state index is -0.890. The first-order valence-electron chi connectivity index (χ1n) is 17.9. The Kier molecular flexibility index (Phi) is 6.74. The van der Waals surface area contributed by atoms with Crippen LogP contribution in [-0.2, 0) is 4.79 Å². The molecule has 4 atom stereocenters. The first-order chi connectivity index (χ1) is 23.8. The number of benzene rings is 1. The van der Waals surface area contributed by atoms with Gasteiger partial charge in [-0.05, 0) is 86.8 Å². The summed E-state index contributed by atoms with van der Waals surface area (Å²) in [6.07, 6.45) is 10.1. The number of halogens is 3. The van der Waals surface area contributed by atoms with Gasteiger partial charge in [0.2, 0.25) is 5.91 Å². The minimum Gasteiger partial charge on any atom is -0.461 e. The number of pyridine rings is 1. The van der Waals surface area contributed by atoms with E-state index in [1.807, 2.05) is 6.07 Å². The van der Waals surface area contributed by atoms with Crippen LogP contribution >= 0.6 is 11.6 Å². The van der Waals surface area contributed by atoms with Crippen LogP contribution in [0, 0.1) is 23.1 Å². The molecule has 0 radical (unpaired) electrons. The summed E-state index contributed by atoms with van der Waals surface area (Å²) < 4.78 is 38.3. The third-order valence-corrected chi connectivity index (χ3v) is 13.0. The van der Waals surface area contributed by atoms with Gasteiger partial charge in [-0.1, -0.05) is 11.6 Å². The molecule has 12 rings (SSSR count). The van der Waals surface area contributed by atoms with E-state index in [4.69, 9.17) is 31.3 Å². The topological polar surface area (TPSA) is 112 Å². The lowest BCUT2D eigenvalue weighted by molar-refractivity contribution is -0.133. The maximum Gasteiger partial charge on any atom is 0.319 e. The predicted octanol–water partition coefficient (Wildman–Crippen LogP) is 5.94. The SMILES string of the molecule is O=C1NCC[C@H]2C[C@H]2c2c(Cl)cc3[nH]ncc3c2-c2ncc3c(nc(OC[C@@]45CCCN4C[C@H](F)C5)nc3c2F)N2CCCC3(CC1C3)C2. The average molecular weight is 689 g/mol. The van der Waals surface area contributed by atoms with Gasteiger partial charge in [0.05, 0.1) is 22.6 Å². The number of piperidine rings is 1. The minimum absolute atomic E-state index is 0.000409. The number of aromatic amines is 1. The number of rotatable bonds is 3. The summed E-state index contributed by atoms with van der Waals surface area (Å²) >= 11 is 6.98. The number of nitrogens with zero attached hydrogens (tertiary/aromatic N) is 6. The molecule has 10 nitrogen and oxygen atoms in total. The highest BCUT2D eigenvalue weighted by atomic mass is 35.5. The number of anilines is 1. The van der Waals surface area contributed by atoms with Crippen molar-refractivity contribution in [2.75, 3.05) is 44.2 Å². The van der Waals surface area contributed by atoms with E-state index < -0.39 is 17.5 Å². The number of nitrogens with one attached hydrogen (secondary N) is 2. The summed E-state index contributed by atoms with van der Waals surface area (Å²) in [6, 6.07) is 1.94. The van der Waals surface area contributed by atoms with Crippen LogP contribution in [0.25, 0.3) is 33.1 Å². The summed E-state index contributed by atoms with van der Waals surface area (Å²) in [6.45, 7) is 3.57. The molecule has 1 amide bonds. The molecular formula is C36H39ClF2N8O2. The van der Waals surface area contributed by atoms with E-state index in [0.717, 1.165) is 75.4 Å². The molecule has 8 aliphatic rings. The molecule has 49 heavy (non-hydrogen) atoms. The Morgan fingerprint density at radius 3 is 2.88 bits per heavy atom. The second-order valence-corrected chi connectivity index (χ2v) is 16.1. The first kappa shape index (κ1) is 30.2. The highest BCUT2D eigenvalue weighted by Crippen LogP contribution is 2.56. The Balaban J connectivity index is 1.14. The van der Waals surface area contributed by atoms with E-state index in [-0.39, 0.29) is 47.0 Å². The molecule has 1 aromatic carbocycles. The third-order valence-electron chi connectivity index (χ3n) is 12.6. The number of carbonyl (C=O) groups excluding carboxylic acids is 1. The summed E-state index contributed by atoms with van der Waals surface area (Å²) in [4.78, 5) is 32.1. The van der Waals surface area contributed by atoms with Crippen molar-refractivity contribution in [3.8, 4) is 17.3 Å². The summed E-state index contributed by atoms with van der Waals surface area (Å²) in [7, 11) is 0. The Bertz CT molecular complexity index is 2020. The van der Waals surface area contributed by atoms with Gasteiger partial charge in [0.1, 0.15) is 29.8 Å². The van der Waals surface area contributed by atoms with E-state index in [0.29, 0.717) is 59.3 Å². The van der Waals surface area contributed by atoms with Crippen LogP contribution in [0.1, 0.15) is 69.3 Å². The monoisotopic (exact) mass is 688 g/mol. The van der Waals surface area contributed by atoms with Crippen molar-refractivity contribution in [2.45, 2.75) is 75.4 Å². The zero-order valence-corrected chi connectivity index (χ0v) is 28.0. The molecule has 0 unspecified atom stereocenters. The van der Waals surface area contributed by atoms with Gasteiger partial charge in [-0.25, -0.2) is 8.78 Å². The number of fused-ring (bicyclic) bond motifs is 2. The van der Waals surface area contributed by atoms with Crippen LogP contribution in [0.3, 0.4) is 0 Å². The maximum atomic E-state index is 17.3. The smallest absolute Gasteiger partial charge is 0.319 e. The zero-order chi connectivity index (χ0) is 33.1. The fourth-order valence-corrected chi connectivity index (χ4v) is 10.5. The molecule has 9 heterocycles. The highest BCUT2D eigenvalue weighted by Gasteiger charge is 2.51. The quantitative estimate of drug-likeness (QED) is 0.272. The number of amides is 1. The number of aromatic nitrogens is 5. The van der Waals surface area contributed by atoms with Crippen molar-refractivity contribution in [2.24, 2.45) is 17.3 Å². The van der Waals surface area contributed by atoms with Crippen molar-refractivity contribution in [3.05, 3.63) is 34.9 Å². The Morgan fingerprint density at radius 2 is 1.98 bits per heavy atom. The lowest BCUT2D eigenvalue weighted by atomic mass is 9.58. The molecule has 3 aromatic heterocycles. The van der Waals surface area contributed by atoms with Crippen LogP contribution in [0.2, 0.25) is 5.02 Å². The first-order valence-corrected chi connectivity index (χ1v) is 18.2. The van der Waals surface area contributed by atoms with E-state index in [1.165, 1.54) is 0 Å². The molecule has 13 heteroatoms. The van der Waals surface area contributed by atoms with Gasteiger partial charge in [-0.3, -0.25) is 19.8 Å². The van der Waals surface area contributed by atoms with Crippen LogP contribution in [0.15, 0.2) is 18.5 Å². The molecule has 4 aromatic rings. The molecule has 7 bridgehead atoms. The van der Waals surface area contributed by atoms with E-state index >= 15 is 4.39 Å². The second-order valence-electron chi connectivity index (χ2n) is 15.7. The van der Waals surface area contributed by atoms with Gasteiger partial charge in [0, 0.05) is 60.7 Å². The molecule has 3 saturated heterocycles. The molecular weight excluding hydrogens is 650 g/mol. The van der Waals surface area contributed by atoms with Crippen molar-refractivity contribution >= 4 is 45.1 Å². The summed E-state index contributed by atoms with van der Waals surface area (Å²) in [5.41, 5.74) is 2.09. The van der Waals surface area contributed by atoms with Crippen LogP contribution in [0.4, 0.5) is 14.6 Å². The van der Waals surface area contributed by atoms with Crippen LogP contribution < -0.4 is 15.0 Å². The van der Waals surface area contributed by atoms with Gasteiger partial charge < -0.3 is 15.0 Å². The van der Waals surface area contributed by atoms with E-state index in [1.54, 1.807) is 12.4 Å². The normalized spacial score (nSPS) is 32.4. The van der Waals surface area contributed by atoms with Crippen LogP contribution in [-0.4, -0.2) is 87.0 Å². The van der Waals surface area contributed by atoms with Crippen molar-refractivity contribution in [1.29, 1.82) is 0 Å². The molecule has 2 aliphatic carbocycles. The second kappa shape index (κ2) is 10.9. The zero-order valence-electron chi connectivity index (χ0n) is 27.3. The fraction of sp³-hybridized carbons (Fsp3) is 0.583. The predicted molar refractivity (Wildman–Crippen MR) is 181 cm³/mol. The van der Waals surface area contributed by atoms with Crippen molar-refractivity contribution in [1.82, 2.24) is 35.4 Å². The number of carbonyl (C=O) groups is 1.